The number of ether oxygens (including phenoxy) is 1. The van der Waals surface area contributed by atoms with E-state index in [2.05, 4.69) is 21.2 Å². The van der Waals surface area contributed by atoms with Gasteiger partial charge in [0.1, 0.15) is 5.82 Å². The molecular weight excluding hydrogens is 438 g/mol. The van der Waals surface area contributed by atoms with Crippen molar-refractivity contribution in [1.29, 1.82) is 0 Å². The van der Waals surface area contributed by atoms with E-state index in [0.717, 1.165) is 12.5 Å². The normalized spacial score (nSPS) is 13.5. The maximum absolute atomic E-state index is 13.7. The highest BCUT2D eigenvalue weighted by Gasteiger charge is 2.22. The van der Waals surface area contributed by atoms with Crippen molar-refractivity contribution in [3.8, 4) is 0 Å². The molecule has 0 radical (unpaired) electrons. The molecule has 146 valence electrons. The number of nitrogens with one attached hydrogen (secondary N) is 1. The van der Waals surface area contributed by atoms with Crippen LogP contribution in [0.15, 0.2) is 40.9 Å². The van der Waals surface area contributed by atoms with Crippen LogP contribution in [0.3, 0.4) is 0 Å². The quantitative estimate of drug-likeness (QED) is 0.702. The van der Waals surface area contributed by atoms with E-state index in [1.165, 1.54) is 12.1 Å². The van der Waals surface area contributed by atoms with E-state index in [1.807, 2.05) is 0 Å². The second-order valence-corrected chi connectivity index (χ2v) is 6.92. The third-order valence-corrected chi connectivity index (χ3v) is 4.72. The number of halogens is 3. The second-order valence-electron chi connectivity index (χ2n) is 6.06. The van der Waals surface area contributed by atoms with Gasteiger partial charge in [0.25, 0.3) is 5.91 Å². The average Bonchev–Trinajstić information content (AvgIpc) is 3.08. The van der Waals surface area contributed by atoms with E-state index in [4.69, 9.17) is 4.74 Å². The van der Waals surface area contributed by atoms with Gasteiger partial charge in [-0.1, -0.05) is 0 Å². The number of amides is 2. The van der Waals surface area contributed by atoms with E-state index in [-0.39, 0.29) is 21.6 Å². The lowest BCUT2D eigenvalue weighted by Crippen LogP contribution is -2.24. The van der Waals surface area contributed by atoms with E-state index >= 15 is 0 Å². The van der Waals surface area contributed by atoms with Crippen molar-refractivity contribution in [2.24, 2.45) is 0 Å². The lowest BCUT2D eigenvalue weighted by molar-refractivity contribution is -0.119. The molecule has 6 nitrogen and oxygen atoms in total. The molecule has 1 fully saturated rings. The number of nitrogens with zero attached hydrogens (tertiary/aromatic N) is 1. The SMILES string of the molecule is O=C(COC(=O)c1ccc(N2CCCC2=O)cc1)Nc1c(F)cc(F)cc1Br. The molecule has 1 heterocycles. The number of hydrogen-bond acceptors (Lipinski definition) is 4. The minimum absolute atomic E-state index is 0.0247. The van der Waals surface area contributed by atoms with Gasteiger partial charge in [0.05, 0.1) is 11.3 Å². The van der Waals surface area contributed by atoms with Gasteiger partial charge in [-0.25, -0.2) is 13.6 Å². The first kappa shape index (κ1) is 19.9. The van der Waals surface area contributed by atoms with Crippen LogP contribution in [-0.4, -0.2) is 30.9 Å². The number of benzene rings is 2. The smallest absolute Gasteiger partial charge is 0.338 e. The van der Waals surface area contributed by atoms with Crippen molar-refractivity contribution in [1.82, 2.24) is 0 Å². The Morgan fingerprint density at radius 1 is 1.18 bits per heavy atom. The molecule has 0 aliphatic carbocycles. The van der Waals surface area contributed by atoms with E-state index in [9.17, 15) is 23.2 Å². The van der Waals surface area contributed by atoms with Gasteiger partial charge in [-0.15, -0.1) is 0 Å². The molecule has 0 saturated carbocycles. The van der Waals surface area contributed by atoms with Crippen molar-refractivity contribution in [2.75, 3.05) is 23.4 Å². The largest absolute Gasteiger partial charge is 0.452 e. The average molecular weight is 453 g/mol. The zero-order chi connectivity index (χ0) is 20.3. The fourth-order valence-electron chi connectivity index (χ4n) is 2.75. The van der Waals surface area contributed by atoms with Gasteiger partial charge in [0.15, 0.2) is 12.4 Å². The molecule has 0 spiro atoms. The maximum Gasteiger partial charge on any atom is 0.338 e. The third-order valence-electron chi connectivity index (χ3n) is 4.09. The summed E-state index contributed by atoms with van der Waals surface area (Å²) in [5.74, 6) is -3.25. The van der Waals surface area contributed by atoms with Crippen LogP contribution in [0.5, 0.6) is 0 Å². The summed E-state index contributed by atoms with van der Waals surface area (Å²) in [5, 5.41) is 2.21. The monoisotopic (exact) mass is 452 g/mol. The van der Waals surface area contributed by atoms with Gasteiger partial charge in [-0.2, -0.15) is 0 Å². The molecule has 9 heteroatoms. The molecule has 1 aliphatic rings. The van der Waals surface area contributed by atoms with Crippen LogP contribution >= 0.6 is 15.9 Å². The van der Waals surface area contributed by atoms with Crippen LogP contribution < -0.4 is 10.2 Å². The van der Waals surface area contributed by atoms with Gasteiger partial charge < -0.3 is 15.0 Å². The molecule has 2 aromatic rings. The molecule has 2 amide bonds. The Labute approximate surface area is 167 Å². The van der Waals surface area contributed by atoms with Crippen LogP contribution in [0.25, 0.3) is 0 Å². The number of esters is 1. The Morgan fingerprint density at radius 3 is 2.50 bits per heavy atom. The van der Waals surface area contributed by atoms with Gasteiger partial charge in [-0.3, -0.25) is 9.59 Å². The fraction of sp³-hybridized carbons (Fsp3) is 0.211. The van der Waals surface area contributed by atoms with E-state index in [1.54, 1.807) is 17.0 Å². The van der Waals surface area contributed by atoms with Crippen LogP contribution in [0.2, 0.25) is 0 Å². The van der Waals surface area contributed by atoms with Crippen molar-refractivity contribution >= 4 is 45.1 Å². The fourth-order valence-corrected chi connectivity index (χ4v) is 3.26. The molecule has 3 rings (SSSR count). The standard InChI is InChI=1S/C19H15BrF2N2O4/c20-14-8-12(21)9-15(22)18(14)23-16(25)10-28-19(27)11-3-5-13(6-4-11)24-7-1-2-17(24)26/h3-6,8-9H,1-2,7,10H2,(H,23,25). The second kappa shape index (κ2) is 8.47. The summed E-state index contributed by atoms with van der Waals surface area (Å²) in [4.78, 5) is 37.3. The van der Waals surface area contributed by atoms with Crippen LogP contribution in [-0.2, 0) is 14.3 Å². The highest BCUT2D eigenvalue weighted by atomic mass is 79.9. The lowest BCUT2D eigenvalue weighted by Gasteiger charge is -2.15. The Balaban J connectivity index is 1.56. The zero-order valence-corrected chi connectivity index (χ0v) is 16.1. The first-order chi connectivity index (χ1) is 13.3. The van der Waals surface area contributed by atoms with Crippen LogP contribution in [0.4, 0.5) is 20.2 Å². The van der Waals surface area contributed by atoms with Crippen LogP contribution in [0, 0.1) is 11.6 Å². The van der Waals surface area contributed by atoms with Crippen molar-refractivity contribution < 1.29 is 27.9 Å². The number of hydrogen-bond donors (Lipinski definition) is 1. The third kappa shape index (κ3) is 4.53. The summed E-state index contributed by atoms with van der Waals surface area (Å²) < 4.78 is 31.7. The van der Waals surface area contributed by atoms with Gasteiger partial charge in [-0.05, 0) is 52.7 Å². The van der Waals surface area contributed by atoms with Gasteiger partial charge in [0.2, 0.25) is 5.91 Å². The molecule has 1 aliphatic heterocycles. The van der Waals surface area contributed by atoms with Crippen molar-refractivity contribution in [3.63, 3.8) is 0 Å². The Kier molecular flexibility index (Phi) is 6.03. The summed E-state index contributed by atoms with van der Waals surface area (Å²) in [7, 11) is 0. The molecule has 1 N–H and O–H groups in total. The topological polar surface area (TPSA) is 75.7 Å². The molecule has 28 heavy (non-hydrogen) atoms. The molecule has 0 bridgehead atoms. The molecule has 0 unspecified atom stereocenters. The number of rotatable bonds is 5. The number of carbonyl (C=O) groups excluding carboxylic acids is 3. The molecule has 0 atom stereocenters. The van der Waals surface area contributed by atoms with Crippen molar-refractivity contribution in [2.45, 2.75) is 12.8 Å². The molecular formula is C19H15BrF2N2O4. The first-order valence-corrected chi connectivity index (χ1v) is 9.16. The Morgan fingerprint density at radius 2 is 1.89 bits per heavy atom. The summed E-state index contributed by atoms with van der Waals surface area (Å²) in [6, 6.07) is 7.88. The highest BCUT2D eigenvalue weighted by Crippen LogP contribution is 2.27. The zero-order valence-electron chi connectivity index (χ0n) is 14.5. The Bertz CT molecular complexity index is 911. The minimum atomic E-state index is -0.960. The Hall–Kier alpha value is -2.81. The number of anilines is 2. The predicted molar refractivity (Wildman–Crippen MR) is 101 cm³/mol. The van der Waals surface area contributed by atoms with Crippen LogP contribution in [0.1, 0.15) is 23.2 Å². The summed E-state index contributed by atoms with van der Waals surface area (Å²) in [6.45, 7) is -0.00719. The molecule has 1 saturated heterocycles. The van der Waals surface area contributed by atoms with Gasteiger partial charge >= 0.3 is 5.97 Å². The minimum Gasteiger partial charge on any atom is -0.452 e. The van der Waals surface area contributed by atoms with Gasteiger partial charge in [0, 0.05) is 29.2 Å². The van der Waals surface area contributed by atoms with E-state index < -0.39 is 30.1 Å². The summed E-state index contributed by atoms with van der Waals surface area (Å²) in [6.07, 6.45) is 1.30. The highest BCUT2D eigenvalue weighted by molar-refractivity contribution is 9.10. The number of carbonyl (C=O) groups is 3. The molecule has 0 aromatic heterocycles. The summed E-state index contributed by atoms with van der Waals surface area (Å²) in [5.41, 5.74) is 0.646. The maximum atomic E-state index is 13.7. The van der Waals surface area contributed by atoms with E-state index in [0.29, 0.717) is 24.7 Å². The first-order valence-electron chi connectivity index (χ1n) is 8.37. The summed E-state index contributed by atoms with van der Waals surface area (Å²) >= 11 is 2.95. The lowest BCUT2D eigenvalue weighted by atomic mass is 10.2. The van der Waals surface area contributed by atoms with Crippen molar-refractivity contribution in [3.05, 3.63) is 58.1 Å². The predicted octanol–water partition coefficient (Wildman–Crippen LogP) is 3.65. The molecule has 2 aromatic carbocycles.